The maximum absolute atomic E-state index is 11.2. The number of aliphatic hydroxyl groups is 1. The van der Waals surface area contributed by atoms with Crippen LogP contribution in [0, 0.1) is 13.8 Å². The highest BCUT2D eigenvalue weighted by atomic mass is 16.3. The summed E-state index contributed by atoms with van der Waals surface area (Å²) >= 11 is 0. The lowest BCUT2D eigenvalue weighted by Crippen LogP contribution is -2.43. The fourth-order valence-corrected chi connectivity index (χ4v) is 3.38. The van der Waals surface area contributed by atoms with Gasteiger partial charge >= 0.3 is 0 Å². The van der Waals surface area contributed by atoms with Gasteiger partial charge in [-0.3, -0.25) is 0 Å². The van der Waals surface area contributed by atoms with Gasteiger partial charge in [-0.2, -0.15) is 0 Å². The third-order valence-electron chi connectivity index (χ3n) is 5.12. The lowest BCUT2D eigenvalue weighted by molar-refractivity contribution is 0.0110. The van der Waals surface area contributed by atoms with E-state index in [4.69, 9.17) is 0 Å². The van der Waals surface area contributed by atoms with Gasteiger partial charge in [-0.05, 0) is 43.4 Å². The van der Waals surface area contributed by atoms with Crippen LogP contribution in [0.5, 0.6) is 0 Å². The first-order valence-corrected chi connectivity index (χ1v) is 8.44. The molecule has 1 aliphatic rings. The highest BCUT2D eigenvalue weighted by Crippen LogP contribution is 2.36. The predicted molar refractivity (Wildman–Crippen MR) is 97.6 cm³/mol. The van der Waals surface area contributed by atoms with Crippen LogP contribution in [-0.4, -0.2) is 42.3 Å². The summed E-state index contributed by atoms with van der Waals surface area (Å²) in [5, 5.41) is 11.2. The number of anilines is 2. The molecule has 1 N–H and O–H groups in total. The van der Waals surface area contributed by atoms with Crippen molar-refractivity contribution in [3.8, 4) is 0 Å². The highest BCUT2D eigenvalue weighted by Gasteiger charge is 2.35. The Labute approximate surface area is 144 Å². The van der Waals surface area contributed by atoms with E-state index in [0.29, 0.717) is 12.8 Å². The van der Waals surface area contributed by atoms with E-state index in [9.17, 15) is 5.11 Å². The zero-order chi connectivity index (χ0) is 17.3. The minimum absolute atomic E-state index is 0.707. The fourth-order valence-electron chi connectivity index (χ4n) is 3.38. The standard InChI is InChI=1S/C19H26N4O/c1-14-6-5-7-16(15(14)2)19(24)8-10-23(11-9-19)18-12-17(22(3)4)20-13-21-18/h5-7,12-13,24H,8-11H2,1-4H3. The van der Waals surface area contributed by atoms with Crippen molar-refractivity contribution in [3.63, 3.8) is 0 Å². The van der Waals surface area contributed by atoms with Crippen molar-refractivity contribution in [2.24, 2.45) is 0 Å². The van der Waals surface area contributed by atoms with Crippen LogP contribution in [-0.2, 0) is 5.60 Å². The van der Waals surface area contributed by atoms with E-state index < -0.39 is 5.60 Å². The van der Waals surface area contributed by atoms with Gasteiger partial charge in [-0.1, -0.05) is 18.2 Å². The van der Waals surface area contributed by atoms with Crippen molar-refractivity contribution in [2.45, 2.75) is 32.3 Å². The molecular weight excluding hydrogens is 300 g/mol. The molecule has 2 aromatic rings. The molecule has 0 radical (unpaired) electrons. The molecule has 128 valence electrons. The van der Waals surface area contributed by atoms with Gasteiger partial charge < -0.3 is 14.9 Å². The lowest BCUT2D eigenvalue weighted by atomic mass is 9.81. The normalized spacial score (nSPS) is 17.0. The quantitative estimate of drug-likeness (QED) is 0.940. The topological polar surface area (TPSA) is 52.5 Å². The number of aryl methyl sites for hydroxylation is 1. The first-order chi connectivity index (χ1) is 11.4. The molecule has 1 aromatic heterocycles. The molecule has 5 nitrogen and oxygen atoms in total. The third kappa shape index (κ3) is 3.08. The van der Waals surface area contributed by atoms with Crippen molar-refractivity contribution in [1.29, 1.82) is 0 Å². The van der Waals surface area contributed by atoms with Crippen LogP contribution in [0.15, 0.2) is 30.6 Å². The average molecular weight is 326 g/mol. The van der Waals surface area contributed by atoms with Gasteiger partial charge in [0.15, 0.2) is 0 Å². The summed E-state index contributed by atoms with van der Waals surface area (Å²) in [6, 6.07) is 8.20. The van der Waals surface area contributed by atoms with Crippen molar-refractivity contribution < 1.29 is 5.11 Å². The Morgan fingerprint density at radius 1 is 1.12 bits per heavy atom. The number of aromatic nitrogens is 2. The number of hydrogen-bond donors (Lipinski definition) is 1. The number of benzene rings is 1. The van der Waals surface area contributed by atoms with E-state index >= 15 is 0 Å². The summed E-state index contributed by atoms with van der Waals surface area (Å²) in [4.78, 5) is 12.9. The first kappa shape index (κ1) is 16.7. The van der Waals surface area contributed by atoms with Gasteiger partial charge in [0.25, 0.3) is 0 Å². The minimum Gasteiger partial charge on any atom is -0.385 e. The van der Waals surface area contributed by atoms with Gasteiger partial charge in [0.2, 0.25) is 0 Å². The molecule has 0 aliphatic carbocycles. The molecule has 0 amide bonds. The molecule has 1 saturated heterocycles. The molecule has 1 aromatic carbocycles. The Morgan fingerprint density at radius 3 is 2.50 bits per heavy atom. The Balaban J connectivity index is 1.78. The molecule has 3 rings (SSSR count). The van der Waals surface area contributed by atoms with Gasteiger partial charge in [-0.15, -0.1) is 0 Å². The highest BCUT2D eigenvalue weighted by molar-refractivity contribution is 5.50. The molecule has 0 atom stereocenters. The molecule has 0 spiro atoms. The van der Waals surface area contributed by atoms with Crippen molar-refractivity contribution in [2.75, 3.05) is 37.0 Å². The summed E-state index contributed by atoms with van der Waals surface area (Å²) in [6.45, 7) is 5.77. The van der Waals surface area contributed by atoms with Crippen molar-refractivity contribution in [3.05, 3.63) is 47.3 Å². The largest absolute Gasteiger partial charge is 0.385 e. The van der Waals surface area contributed by atoms with E-state index in [1.54, 1.807) is 6.33 Å². The summed E-state index contributed by atoms with van der Waals surface area (Å²) in [5.74, 6) is 1.83. The van der Waals surface area contributed by atoms with Crippen LogP contribution in [0.2, 0.25) is 0 Å². The second-order valence-corrected chi connectivity index (χ2v) is 6.89. The second-order valence-electron chi connectivity index (χ2n) is 6.89. The van der Waals surface area contributed by atoms with Crippen molar-refractivity contribution in [1.82, 2.24) is 9.97 Å². The number of hydrogen-bond acceptors (Lipinski definition) is 5. The Morgan fingerprint density at radius 2 is 1.83 bits per heavy atom. The molecule has 1 fully saturated rings. The zero-order valence-corrected chi connectivity index (χ0v) is 15.0. The van der Waals surface area contributed by atoms with Crippen LogP contribution >= 0.6 is 0 Å². The van der Waals surface area contributed by atoms with E-state index in [1.165, 1.54) is 11.1 Å². The molecule has 24 heavy (non-hydrogen) atoms. The Kier molecular flexibility index (Phi) is 4.45. The van der Waals surface area contributed by atoms with Crippen LogP contribution in [0.3, 0.4) is 0 Å². The zero-order valence-electron chi connectivity index (χ0n) is 15.0. The maximum atomic E-state index is 11.2. The van der Waals surface area contributed by atoms with Gasteiger partial charge in [0, 0.05) is 33.3 Å². The number of rotatable bonds is 3. The van der Waals surface area contributed by atoms with E-state index in [2.05, 4.69) is 40.8 Å². The lowest BCUT2D eigenvalue weighted by Gasteiger charge is -2.40. The summed E-state index contributed by atoms with van der Waals surface area (Å²) in [5.41, 5.74) is 2.75. The fraction of sp³-hybridized carbons (Fsp3) is 0.474. The number of piperidine rings is 1. The monoisotopic (exact) mass is 326 g/mol. The molecule has 0 bridgehead atoms. The SMILES string of the molecule is Cc1cccc(C2(O)CCN(c3cc(N(C)C)ncn3)CC2)c1C. The summed E-state index contributed by atoms with van der Waals surface area (Å²) in [7, 11) is 3.95. The molecule has 0 saturated carbocycles. The van der Waals surface area contributed by atoms with Crippen molar-refractivity contribution >= 4 is 11.6 Å². The summed E-state index contributed by atoms with van der Waals surface area (Å²) < 4.78 is 0. The smallest absolute Gasteiger partial charge is 0.134 e. The molecule has 2 heterocycles. The van der Waals surface area contributed by atoms with E-state index in [0.717, 1.165) is 30.3 Å². The Hall–Kier alpha value is -2.14. The second kappa shape index (κ2) is 6.40. The molecule has 1 aliphatic heterocycles. The minimum atomic E-state index is -0.746. The molecular formula is C19H26N4O. The van der Waals surface area contributed by atoms with Crippen LogP contribution in [0.25, 0.3) is 0 Å². The third-order valence-corrected chi connectivity index (χ3v) is 5.12. The van der Waals surface area contributed by atoms with E-state index in [-0.39, 0.29) is 0 Å². The van der Waals surface area contributed by atoms with Gasteiger partial charge in [-0.25, -0.2) is 9.97 Å². The average Bonchev–Trinajstić information content (AvgIpc) is 2.58. The summed E-state index contributed by atoms with van der Waals surface area (Å²) in [6.07, 6.45) is 3.02. The Bertz CT molecular complexity index is 721. The first-order valence-electron chi connectivity index (χ1n) is 8.44. The maximum Gasteiger partial charge on any atom is 0.134 e. The van der Waals surface area contributed by atoms with Crippen LogP contribution in [0.1, 0.15) is 29.5 Å². The van der Waals surface area contributed by atoms with Gasteiger partial charge in [0.05, 0.1) is 5.60 Å². The predicted octanol–water partition coefficient (Wildman–Crippen LogP) is 2.65. The van der Waals surface area contributed by atoms with Gasteiger partial charge in [0.1, 0.15) is 18.0 Å². The molecule has 0 unspecified atom stereocenters. The number of nitrogens with zero attached hydrogens (tertiary/aromatic N) is 4. The van der Waals surface area contributed by atoms with Crippen LogP contribution in [0.4, 0.5) is 11.6 Å². The molecule has 5 heteroatoms. The van der Waals surface area contributed by atoms with Crippen LogP contribution < -0.4 is 9.80 Å². The van der Waals surface area contributed by atoms with E-state index in [1.807, 2.05) is 31.1 Å².